The zero-order valence-electron chi connectivity index (χ0n) is 20.6. The molecule has 2 aliphatic heterocycles. The van der Waals surface area contributed by atoms with Crippen molar-refractivity contribution in [1.29, 1.82) is 0 Å². The summed E-state index contributed by atoms with van der Waals surface area (Å²) < 4.78 is 6.05. The average Bonchev–Trinajstić information content (AvgIpc) is 3.09. The first-order chi connectivity index (χ1) is 16.6. The van der Waals surface area contributed by atoms with Crippen LogP contribution in [0.1, 0.15) is 46.1 Å². The number of esters is 1. The second-order valence-electron chi connectivity index (χ2n) is 10.1. The number of aliphatic hydroxyl groups is 1. The molecule has 0 aromatic heterocycles. The van der Waals surface area contributed by atoms with Gasteiger partial charge in [0, 0.05) is 12.0 Å². The van der Waals surface area contributed by atoms with Crippen molar-refractivity contribution in [3.8, 4) is 5.75 Å². The van der Waals surface area contributed by atoms with E-state index < -0.39 is 35.4 Å². The van der Waals surface area contributed by atoms with E-state index in [9.17, 15) is 24.6 Å². The first-order valence-electron chi connectivity index (χ1n) is 12.1. The van der Waals surface area contributed by atoms with Gasteiger partial charge in [0.25, 0.3) is 5.91 Å². The average molecular weight is 480 g/mol. The number of allylic oxidation sites excluding steroid dienone is 2. The summed E-state index contributed by atoms with van der Waals surface area (Å²) in [6, 6.07) is 6.42. The molecule has 1 aromatic carbocycles. The van der Waals surface area contributed by atoms with Crippen molar-refractivity contribution in [2.24, 2.45) is 17.8 Å². The molecule has 186 valence electrons. The van der Waals surface area contributed by atoms with Gasteiger partial charge in [0.2, 0.25) is 5.60 Å². The minimum Gasteiger partial charge on any atom is -0.508 e. The van der Waals surface area contributed by atoms with Gasteiger partial charge in [-0.15, -0.1) is 0 Å². The molecule has 0 radical (unpaired) electrons. The normalized spacial score (nSPS) is 36.1. The highest BCUT2D eigenvalue weighted by Crippen LogP contribution is 2.50. The zero-order valence-corrected chi connectivity index (χ0v) is 20.6. The van der Waals surface area contributed by atoms with E-state index in [4.69, 9.17) is 4.74 Å². The minimum absolute atomic E-state index is 0.0423. The van der Waals surface area contributed by atoms with Crippen molar-refractivity contribution in [1.82, 2.24) is 5.32 Å². The number of Topliss-reactive ketones (excluding diaryl/α,β-unsaturated/α-hetero) is 1. The van der Waals surface area contributed by atoms with Gasteiger partial charge in [0.1, 0.15) is 5.75 Å². The Morgan fingerprint density at radius 3 is 2.46 bits per heavy atom. The van der Waals surface area contributed by atoms with Crippen LogP contribution in [0.5, 0.6) is 5.75 Å². The minimum atomic E-state index is -1.60. The summed E-state index contributed by atoms with van der Waals surface area (Å²) in [6.07, 6.45) is 4.88. The molecule has 1 aromatic rings. The number of hydrogen-bond acceptors (Lipinski definition) is 6. The summed E-state index contributed by atoms with van der Waals surface area (Å²) in [6.45, 7) is 7.23. The van der Waals surface area contributed by atoms with Crippen molar-refractivity contribution in [2.75, 3.05) is 0 Å². The number of aliphatic hydroxyl groups excluding tert-OH is 1. The van der Waals surface area contributed by atoms with Gasteiger partial charge in [-0.25, -0.2) is 0 Å². The van der Waals surface area contributed by atoms with Crippen LogP contribution in [0.2, 0.25) is 0 Å². The van der Waals surface area contributed by atoms with Crippen LogP contribution < -0.4 is 5.32 Å². The number of phenols is 1. The number of carbonyl (C=O) groups is 3. The Bertz CT molecular complexity index is 1130. The fourth-order valence-corrected chi connectivity index (χ4v) is 5.74. The fourth-order valence-electron chi connectivity index (χ4n) is 5.74. The number of benzene rings is 1. The van der Waals surface area contributed by atoms with Crippen LogP contribution >= 0.6 is 0 Å². The highest BCUT2D eigenvalue weighted by molar-refractivity contribution is 5.97. The third kappa shape index (κ3) is 4.33. The maximum absolute atomic E-state index is 13.7. The number of hydrogen-bond donors (Lipinski definition) is 3. The number of phenolic OH excluding ortho intramolecular Hbond substituents is 1. The predicted octanol–water partition coefficient (Wildman–Crippen LogP) is 3.16. The Kier molecular flexibility index (Phi) is 6.73. The molecule has 0 bridgehead atoms. The molecule has 1 spiro atoms. The standard InChI is InChI=1S/C28H33NO6/c1-15-6-5-7-21-26(33)18(4)17(3)24-22(14-19-9-11-20(30)12-10-19)29-27(34)28(21,24)35-23(31)13-8-16(2)25(15)32/h5,7-12,15,21-22,24,26,30,33H,6,13-14H2,1-4H3,(H,29,34)/b7-5+,16-8+/t15-,21-,22-,24-,26+,28+/m0/s1. The Morgan fingerprint density at radius 2 is 1.77 bits per heavy atom. The van der Waals surface area contributed by atoms with Crippen LogP contribution in [-0.4, -0.2) is 45.6 Å². The second-order valence-corrected chi connectivity index (χ2v) is 10.1. The van der Waals surface area contributed by atoms with Gasteiger partial charge in [-0.2, -0.15) is 0 Å². The van der Waals surface area contributed by atoms with Gasteiger partial charge in [-0.05, 0) is 62.5 Å². The van der Waals surface area contributed by atoms with E-state index in [1.807, 2.05) is 26.8 Å². The third-order valence-corrected chi connectivity index (χ3v) is 7.82. The molecule has 7 heteroatoms. The third-order valence-electron chi connectivity index (χ3n) is 7.82. The Morgan fingerprint density at radius 1 is 1.09 bits per heavy atom. The second kappa shape index (κ2) is 9.46. The predicted molar refractivity (Wildman–Crippen MR) is 130 cm³/mol. The highest BCUT2D eigenvalue weighted by Gasteiger charge is 2.66. The van der Waals surface area contributed by atoms with Crippen LogP contribution in [-0.2, 0) is 25.5 Å². The maximum Gasteiger partial charge on any atom is 0.310 e. The number of carbonyl (C=O) groups excluding carboxylic acids is 3. The van der Waals surface area contributed by atoms with Crippen LogP contribution in [0.25, 0.3) is 0 Å². The van der Waals surface area contributed by atoms with Crippen LogP contribution in [0.3, 0.4) is 0 Å². The number of ketones is 1. The molecule has 1 amide bonds. The van der Waals surface area contributed by atoms with E-state index in [0.717, 1.165) is 16.7 Å². The molecule has 3 N–H and O–H groups in total. The first kappa shape index (κ1) is 24.9. The summed E-state index contributed by atoms with van der Waals surface area (Å²) in [5, 5.41) is 24.0. The molecule has 1 saturated heterocycles. The Hall–Kier alpha value is -3.19. The lowest BCUT2D eigenvalue weighted by atomic mass is 9.63. The summed E-state index contributed by atoms with van der Waals surface area (Å²) in [5.41, 5.74) is 1.37. The van der Waals surface area contributed by atoms with Crippen LogP contribution in [0.15, 0.2) is 59.2 Å². The Labute approximate surface area is 205 Å². The molecule has 7 nitrogen and oxygen atoms in total. The zero-order chi connectivity index (χ0) is 25.5. The number of aromatic hydroxyl groups is 1. The summed E-state index contributed by atoms with van der Waals surface area (Å²) in [7, 11) is 0. The first-order valence-corrected chi connectivity index (χ1v) is 12.1. The van der Waals surface area contributed by atoms with Crippen molar-refractivity contribution < 1.29 is 29.3 Å². The van der Waals surface area contributed by atoms with Gasteiger partial charge in [0.05, 0.1) is 24.4 Å². The van der Waals surface area contributed by atoms with E-state index in [1.54, 1.807) is 43.3 Å². The molecule has 2 heterocycles. The van der Waals surface area contributed by atoms with E-state index in [2.05, 4.69) is 5.32 Å². The largest absolute Gasteiger partial charge is 0.508 e. The molecular formula is C28H33NO6. The molecule has 0 unspecified atom stereocenters. The van der Waals surface area contributed by atoms with Crippen LogP contribution in [0.4, 0.5) is 0 Å². The molecular weight excluding hydrogens is 446 g/mol. The lowest BCUT2D eigenvalue weighted by Crippen LogP contribution is -2.59. The topological polar surface area (TPSA) is 113 Å². The molecule has 0 saturated carbocycles. The Balaban J connectivity index is 1.81. The van der Waals surface area contributed by atoms with E-state index >= 15 is 0 Å². The van der Waals surface area contributed by atoms with E-state index in [1.165, 1.54) is 0 Å². The maximum atomic E-state index is 13.7. The summed E-state index contributed by atoms with van der Waals surface area (Å²) in [4.78, 5) is 39.3. The van der Waals surface area contributed by atoms with Crippen molar-refractivity contribution in [3.63, 3.8) is 0 Å². The number of nitrogens with one attached hydrogen (secondary N) is 1. The lowest BCUT2D eigenvalue weighted by molar-refractivity contribution is -0.179. The molecule has 3 aliphatic rings. The monoisotopic (exact) mass is 479 g/mol. The summed E-state index contributed by atoms with van der Waals surface area (Å²) in [5.74, 6) is -2.50. The summed E-state index contributed by atoms with van der Waals surface area (Å²) >= 11 is 0. The van der Waals surface area contributed by atoms with Gasteiger partial charge in [-0.1, -0.05) is 42.9 Å². The molecule has 6 atom stereocenters. The van der Waals surface area contributed by atoms with Gasteiger partial charge in [-0.3, -0.25) is 14.4 Å². The lowest BCUT2D eigenvalue weighted by Gasteiger charge is -2.46. The van der Waals surface area contributed by atoms with Crippen LogP contribution in [0, 0.1) is 17.8 Å². The van der Waals surface area contributed by atoms with Gasteiger partial charge < -0.3 is 20.3 Å². The SMILES string of the molecule is CC1=C(C)[C@H]2[C@H](Cc3ccc(O)cc3)NC(=O)[C@]23OC(=O)C/C=C(\C)C(=O)[C@@H](C)C/C=C/[C@H]3[C@@H]1O. The van der Waals surface area contributed by atoms with Gasteiger partial charge >= 0.3 is 5.97 Å². The van der Waals surface area contributed by atoms with Gasteiger partial charge in [0.15, 0.2) is 5.78 Å². The molecule has 1 fully saturated rings. The molecule has 1 aliphatic carbocycles. The highest BCUT2D eigenvalue weighted by atomic mass is 16.6. The fraction of sp³-hybridized carbons (Fsp3) is 0.464. The molecule has 35 heavy (non-hydrogen) atoms. The van der Waals surface area contributed by atoms with E-state index in [-0.39, 0.29) is 29.9 Å². The number of ether oxygens (including phenoxy) is 1. The molecule has 4 rings (SSSR count). The van der Waals surface area contributed by atoms with Crippen molar-refractivity contribution >= 4 is 17.7 Å². The number of rotatable bonds is 2. The number of amides is 1. The quantitative estimate of drug-likeness (QED) is 0.444. The smallest absolute Gasteiger partial charge is 0.310 e. The van der Waals surface area contributed by atoms with E-state index in [0.29, 0.717) is 18.4 Å². The van der Waals surface area contributed by atoms with Crippen molar-refractivity contribution in [2.45, 2.75) is 64.7 Å². The van der Waals surface area contributed by atoms with Crippen molar-refractivity contribution in [3.05, 3.63) is 64.8 Å².